The molecule has 0 fully saturated rings. The summed E-state index contributed by atoms with van der Waals surface area (Å²) in [6.07, 6.45) is -5.80. The van der Waals surface area contributed by atoms with Crippen LogP contribution in [-0.2, 0) is 4.74 Å². The van der Waals surface area contributed by atoms with Crippen molar-refractivity contribution in [2.45, 2.75) is 25.4 Å². The number of carbonyl (C=O) groups is 1. The maximum atomic E-state index is 11.5. The van der Waals surface area contributed by atoms with Crippen molar-refractivity contribution in [3.8, 4) is 0 Å². The second-order valence-corrected chi connectivity index (χ2v) is 2.24. The van der Waals surface area contributed by atoms with Crippen LogP contribution in [-0.4, -0.2) is 18.9 Å². The summed E-state index contributed by atoms with van der Waals surface area (Å²) in [5.41, 5.74) is 4.58. The van der Waals surface area contributed by atoms with Crippen LogP contribution in [0.5, 0.6) is 0 Å². The molecule has 0 radical (unpaired) electrons. The number of rotatable bonds is 4. The first kappa shape index (κ1) is 11.1. The van der Waals surface area contributed by atoms with Crippen LogP contribution in [0.25, 0.3) is 0 Å². The topological polar surface area (TPSA) is 52.3 Å². The van der Waals surface area contributed by atoms with Crippen molar-refractivity contribution in [2.75, 3.05) is 6.61 Å². The summed E-state index contributed by atoms with van der Waals surface area (Å²) in [5, 5.41) is 0. The molecule has 0 spiro atoms. The Labute approximate surface area is 67.7 Å². The molecule has 3 nitrogen and oxygen atoms in total. The fraction of sp³-hybridized carbons (Fsp3) is 0.833. The molecule has 0 atom stereocenters. The van der Waals surface area contributed by atoms with Crippen LogP contribution in [0.4, 0.5) is 18.0 Å². The average Bonchev–Trinajstić information content (AvgIpc) is 1.83. The monoisotopic (exact) mass is 185 g/mol. The van der Waals surface area contributed by atoms with Crippen LogP contribution in [0, 0.1) is 0 Å². The van der Waals surface area contributed by atoms with Gasteiger partial charge in [0, 0.05) is 6.42 Å². The third kappa shape index (κ3) is 9.06. The molecule has 0 aromatic heterocycles. The first-order chi connectivity index (χ1) is 5.42. The van der Waals surface area contributed by atoms with Crippen LogP contribution >= 0.6 is 0 Å². The molecule has 0 bridgehead atoms. The standard InChI is InChI=1S/C6H10F3NO2/c7-6(8,9)3-1-2-4-12-5(10)11/h1-4H2,(H2,10,11). The maximum absolute atomic E-state index is 11.5. The van der Waals surface area contributed by atoms with Gasteiger partial charge >= 0.3 is 12.3 Å². The number of alkyl halides is 3. The summed E-state index contributed by atoms with van der Waals surface area (Å²) in [7, 11) is 0. The summed E-state index contributed by atoms with van der Waals surface area (Å²) in [5.74, 6) is 0. The molecule has 6 heteroatoms. The van der Waals surface area contributed by atoms with Gasteiger partial charge in [0.05, 0.1) is 6.61 Å². The highest BCUT2D eigenvalue weighted by Crippen LogP contribution is 2.21. The van der Waals surface area contributed by atoms with Gasteiger partial charge in [-0.1, -0.05) is 0 Å². The predicted molar refractivity (Wildman–Crippen MR) is 35.4 cm³/mol. The van der Waals surface area contributed by atoms with Gasteiger partial charge in [0.15, 0.2) is 0 Å². The number of hydrogen-bond acceptors (Lipinski definition) is 2. The van der Waals surface area contributed by atoms with Gasteiger partial charge in [-0.15, -0.1) is 0 Å². The molecule has 0 saturated carbocycles. The van der Waals surface area contributed by atoms with E-state index in [1.54, 1.807) is 0 Å². The van der Waals surface area contributed by atoms with E-state index in [9.17, 15) is 18.0 Å². The van der Waals surface area contributed by atoms with E-state index in [0.29, 0.717) is 0 Å². The largest absolute Gasteiger partial charge is 0.450 e. The van der Waals surface area contributed by atoms with Crippen molar-refractivity contribution in [2.24, 2.45) is 5.73 Å². The van der Waals surface area contributed by atoms with Gasteiger partial charge in [-0.25, -0.2) is 4.79 Å². The third-order valence-corrected chi connectivity index (χ3v) is 1.10. The van der Waals surface area contributed by atoms with Gasteiger partial charge in [-0.05, 0) is 12.8 Å². The molecule has 72 valence electrons. The number of primary amides is 1. The van der Waals surface area contributed by atoms with Crippen molar-refractivity contribution in [1.82, 2.24) is 0 Å². The highest BCUT2D eigenvalue weighted by Gasteiger charge is 2.25. The number of amides is 1. The first-order valence-corrected chi connectivity index (χ1v) is 3.41. The van der Waals surface area contributed by atoms with E-state index in [2.05, 4.69) is 10.5 Å². The van der Waals surface area contributed by atoms with Gasteiger partial charge < -0.3 is 10.5 Å². The Morgan fingerprint density at radius 2 is 1.92 bits per heavy atom. The molecule has 0 aromatic carbocycles. The second kappa shape index (κ2) is 4.84. The molecule has 0 aromatic rings. The van der Waals surface area contributed by atoms with Gasteiger partial charge in [0.1, 0.15) is 0 Å². The molecule has 0 heterocycles. The fourth-order valence-electron chi connectivity index (χ4n) is 0.600. The molecule has 0 saturated heterocycles. The average molecular weight is 185 g/mol. The van der Waals surface area contributed by atoms with E-state index in [4.69, 9.17) is 0 Å². The number of halogens is 3. The van der Waals surface area contributed by atoms with Crippen LogP contribution in [0.2, 0.25) is 0 Å². The Balaban J connectivity index is 3.17. The lowest BCUT2D eigenvalue weighted by Crippen LogP contribution is -2.14. The zero-order valence-electron chi connectivity index (χ0n) is 6.36. The first-order valence-electron chi connectivity index (χ1n) is 3.41. The Morgan fingerprint density at radius 3 is 2.33 bits per heavy atom. The summed E-state index contributed by atoms with van der Waals surface area (Å²) < 4.78 is 38.8. The number of carbonyl (C=O) groups excluding carboxylic acids is 1. The van der Waals surface area contributed by atoms with E-state index in [1.165, 1.54) is 0 Å². The molecule has 0 rings (SSSR count). The minimum Gasteiger partial charge on any atom is -0.450 e. The third-order valence-electron chi connectivity index (χ3n) is 1.10. The number of hydrogen-bond donors (Lipinski definition) is 1. The van der Waals surface area contributed by atoms with Gasteiger partial charge in [-0.2, -0.15) is 13.2 Å². The predicted octanol–water partition coefficient (Wildman–Crippen LogP) is 1.81. The molecular weight excluding hydrogens is 175 g/mol. The van der Waals surface area contributed by atoms with Crippen LogP contribution in [0.3, 0.4) is 0 Å². The van der Waals surface area contributed by atoms with Crippen molar-refractivity contribution in [3.63, 3.8) is 0 Å². The molecule has 0 aliphatic rings. The zero-order chi connectivity index (χ0) is 9.61. The Hall–Kier alpha value is -0.940. The van der Waals surface area contributed by atoms with Crippen molar-refractivity contribution < 1.29 is 22.7 Å². The van der Waals surface area contributed by atoms with E-state index in [-0.39, 0.29) is 19.4 Å². The zero-order valence-corrected chi connectivity index (χ0v) is 6.36. The smallest absolute Gasteiger partial charge is 0.404 e. The molecule has 0 unspecified atom stereocenters. The lowest BCUT2D eigenvalue weighted by Gasteiger charge is -2.05. The highest BCUT2D eigenvalue weighted by molar-refractivity contribution is 5.64. The molecule has 12 heavy (non-hydrogen) atoms. The molecule has 0 aliphatic carbocycles. The number of ether oxygens (including phenoxy) is 1. The van der Waals surface area contributed by atoms with E-state index in [0.717, 1.165) is 0 Å². The fourth-order valence-corrected chi connectivity index (χ4v) is 0.600. The van der Waals surface area contributed by atoms with Crippen molar-refractivity contribution >= 4 is 6.09 Å². The Morgan fingerprint density at radius 1 is 1.33 bits per heavy atom. The van der Waals surface area contributed by atoms with Crippen molar-refractivity contribution in [3.05, 3.63) is 0 Å². The Kier molecular flexibility index (Phi) is 4.46. The number of unbranched alkanes of at least 4 members (excludes halogenated alkanes) is 1. The molecule has 2 N–H and O–H groups in total. The lowest BCUT2D eigenvalue weighted by atomic mass is 10.2. The Bertz CT molecular complexity index is 146. The lowest BCUT2D eigenvalue weighted by molar-refractivity contribution is -0.135. The number of nitrogens with two attached hydrogens (primary N) is 1. The van der Waals surface area contributed by atoms with E-state index >= 15 is 0 Å². The summed E-state index contributed by atoms with van der Waals surface area (Å²) >= 11 is 0. The molecular formula is C6H10F3NO2. The normalized spacial score (nSPS) is 11.2. The summed E-state index contributed by atoms with van der Waals surface area (Å²) in [6, 6.07) is 0. The quantitative estimate of drug-likeness (QED) is 0.679. The van der Waals surface area contributed by atoms with Crippen LogP contribution in [0.15, 0.2) is 0 Å². The van der Waals surface area contributed by atoms with Gasteiger partial charge in [0.2, 0.25) is 0 Å². The van der Waals surface area contributed by atoms with Crippen molar-refractivity contribution in [1.29, 1.82) is 0 Å². The molecule has 1 amide bonds. The summed E-state index contributed by atoms with van der Waals surface area (Å²) in [4.78, 5) is 9.94. The van der Waals surface area contributed by atoms with Crippen LogP contribution < -0.4 is 5.73 Å². The van der Waals surface area contributed by atoms with E-state index in [1.807, 2.05) is 0 Å². The van der Waals surface area contributed by atoms with E-state index < -0.39 is 18.7 Å². The van der Waals surface area contributed by atoms with Gasteiger partial charge in [0.25, 0.3) is 0 Å². The van der Waals surface area contributed by atoms with Gasteiger partial charge in [-0.3, -0.25) is 0 Å². The minimum atomic E-state index is -4.13. The highest BCUT2D eigenvalue weighted by atomic mass is 19.4. The SMILES string of the molecule is NC(=O)OCCCCC(F)(F)F. The van der Waals surface area contributed by atoms with Crippen LogP contribution in [0.1, 0.15) is 19.3 Å². The second-order valence-electron chi connectivity index (χ2n) is 2.24. The summed E-state index contributed by atoms with van der Waals surface area (Å²) in [6.45, 7) is -0.0502. The molecule has 0 aliphatic heterocycles. The minimum absolute atomic E-state index is 0.0449. The maximum Gasteiger partial charge on any atom is 0.404 e.